The van der Waals surface area contributed by atoms with Gasteiger partial charge in [-0.3, -0.25) is 14.9 Å². The first-order valence-electron chi connectivity index (χ1n) is 6.52. The predicted octanol–water partition coefficient (Wildman–Crippen LogP) is 0.957. The Morgan fingerprint density at radius 2 is 2.18 bits per heavy atom. The number of aliphatic hydroxyl groups is 1. The standard InChI is InChI=1S/C14H15N3O5/c1-22-6-5-16-14(19)11(9-18)8-13(15-16)10-3-2-4-12(7-10)17(20)21/h2-4,7-8,18H,5-6,9H2,1H3. The number of nitrogens with zero attached hydrogens (tertiary/aromatic N) is 3. The van der Waals surface area contributed by atoms with Crippen LogP contribution in [-0.2, 0) is 17.9 Å². The summed E-state index contributed by atoms with van der Waals surface area (Å²) in [7, 11) is 1.50. The molecule has 0 atom stereocenters. The molecule has 0 unspecified atom stereocenters. The molecule has 116 valence electrons. The highest BCUT2D eigenvalue weighted by molar-refractivity contribution is 5.62. The Morgan fingerprint density at radius 1 is 1.41 bits per heavy atom. The zero-order chi connectivity index (χ0) is 16.1. The zero-order valence-electron chi connectivity index (χ0n) is 11.9. The molecular formula is C14H15N3O5. The van der Waals surface area contributed by atoms with Gasteiger partial charge in [0.1, 0.15) is 0 Å². The van der Waals surface area contributed by atoms with Crippen molar-refractivity contribution in [3.8, 4) is 11.3 Å². The fraction of sp³-hybridized carbons (Fsp3) is 0.286. The molecule has 2 aromatic rings. The summed E-state index contributed by atoms with van der Waals surface area (Å²) in [6.45, 7) is 0.0809. The number of aliphatic hydroxyl groups excluding tert-OH is 1. The van der Waals surface area contributed by atoms with E-state index in [9.17, 15) is 20.0 Å². The van der Waals surface area contributed by atoms with Crippen LogP contribution < -0.4 is 5.56 Å². The molecule has 0 aliphatic carbocycles. The molecule has 1 aromatic carbocycles. The third kappa shape index (κ3) is 3.35. The molecule has 0 aliphatic rings. The van der Waals surface area contributed by atoms with Gasteiger partial charge in [-0.15, -0.1) is 0 Å². The Bertz CT molecular complexity index is 741. The van der Waals surface area contributed by atoms with Gasteiger partial charge in [-0.2, -0.15) is 5.10 Å². The van der Waals surface area contributed by atoms with E-state index in [1.807, 2.05) is 0 Å². The first-order chi connectivity index (χ1) is 10.6. The maximum absolute atomic E-state index is 12.0. The molecular weight excluding hydrogens is 290 g/mol. The van der Waals surface area contributed by atoms with E-state index < -0.39 is 17.1 Å². The quantitative estimate of drug-likeness (QED) is 0.629. The van der Waals surface area contributed by atoms with Crippen LogP contribution in [0, 0.1) is 10.1 Å². The van der Waals surface area contributed by atoms with Crippen LogP contribution in [0.1, 0.15) is 5.56 Å². The first kappa shape index (κ1) is 15.8. The van der Waals surface area contributed by atoms with Crippen molar-refractivity contribution in [3.63, 3.8) is 0 Å². The van der Waals surface area contributed by atoms with E-state index in [1.54, 1.807) is 12.1 Å². The van der Waals surface area contributed by atoms with Gasteiger partial charge in [-0.05, 0) is 6.07 Å². The monoisotopic (exact) mass is 305 g/mol. The molecule has 0 bridgehead atoms. The molecule has 1 heterocycles. The largest absolute Gasteiger partial charge is 0.391 e. The summed E-state index contributed by atoms with van der Waals surface area (Å²) in [5, 5.41) is 24.3. The fourth-order valence-corrected chi connectivity index (χ4v) is 1.96. The van der Waals surface area contributed by atoms with Gasteiger partial charge in [0.25, 0.3) is 11.2 Å². The van der Waals surface area contributed by atoms with Gasteiger partial charge in [0.15, 0.2) is 0 Å². The summed E-state index contributed by atoms with van der Waals surface area (Å²) in [5.41, 5.74) is 0.569. The molecule has 0 saturated carbocycles. The molecule has 0 aliphatic heterocycles. The molecule has 1 N–H and O–H groups in total. The molecule has 0 spiro atoms. The van der Waals surface area contributed by atoms with Crippen LogP contribution in [-0.4, -0.2) is 33.5 Å². The molecule has 0 amide bonds. The number of aromatic nitrogens is 2. The van der Waals surface area contributed by atoms with Gasteiger partial charge in [-0.25, -0.2) is 4.68 Å². The summed E-state index contributed by atoms with van der Waals surface area (Å²) in [6, 6.07) is 7.37. The Hall–Kier alpha value is -2.58. The second kappa shape index (κ2) is 6.92. The lowest BCUT2D eigenvalue weighted by Crippen LogP contribution is -2.28. The summed E-state index contributed by atoms with van der Waals surface area (Å²) in [4.78, 5) is 22.4. The molecule has 0 radical (unpaired) electrons. The zero-order valence-corrected chi connectivity index (χ0v) is 11.9. The van der Waals surface area contributed by atoms with Crippen molar-refractivity contribution in [1.82, 2.24) is 9.78 Å². The number of rotatable bonds is 6. The van der Waals surface area contributed by atoms with Gasteiger partial charge < -0.3 is 9.84 Å². The summed E-state index contributed by atoms with van der Waals surface area (Å²) in [5.74, 6) is 0. The molecule has 22 heavy (non-hydrogen) atoms. The van der Waals surface area contributed by atoms with Crippen molar-refractivity contribution in [1.29, 1.82) is 0 Å². The SMILES string of the molecule is COCCn1nc(-c2cccc([N+](=O)[O-])c2)cc(CO)c1=O. The Labute approximate surface area is 125 Å². The average Bonchev–Trinajstić information content (AvgIpc) is 2.54. The van der Waals surface area contributed by atoms with E-state index in [4.69, 9.17) is 4.74 Å². The van der Waals surface area contributed by atoms with Crippen LogP contribution in [0.5, 0.6) is 0 Å². The van der Waals surface area contributed by atoms with Gasteiger partial charge >= 0.3 is 0 Å². The number of nitro benzene ring substituents is 1. The second-order valence-corrected chi connectivity index (χ2v) is 4.54. The highest BCUT2D eigenvalue weighted by atomic mass is 16.6. The Morgan fingerprint density at radius 3 is 2.82 bits per heavy atom. The minimum absolute atomic E-state index is 0.0699. The van der Waals surface area contributed by atoms with E-state index in [0.29, 0.717) is 11.3 Å². The number of methoxy groups -OCH3 is 1. The predicted molar refractivity (Wildman–Crippen MR) is 78.4 cm³/mol. The molecule has 8 heteroatoms. The summed E-state index contributed by atoms with van der Waals surface area (Å²) < 4.78 is 6.10. The number of non-ortho nitro benzene ring substituents is 1. The lowest BCUT2D eigenvalue weighted by Gasteiger charge is -2.09. The van der Waals surface area contributed by atoms with E-state index in [1.165, 1.54) is 30.0 Å². The average molecular weight is 305 g/mol. The van der Waals surface area contributed by atoms with Crippen molar-refractivity contribution < 1.29 is 14.8 Å². The minimum atomic E-state index is -0.503. The van der Waals surface area contributed by atoms with Gasteiger partial charge in [0.05, 0.1) is 30.4 Å². The van der Waals surface area contributed by atoms with Crippen LogP contribution in [0.25, 0.3) is 11.3 Å². The van der Waals surface area contributed by atoms with E-state index >= 15 is 0 Å². The molecule has 8 nitrogen and oxygen atoms in total. The normalized spacial score (nSPS) is 10.6. The second-order valence-electron chi connectivity index (χ2n) is 4.54. The highest BCUT2D eigenvalue weighted by Crippen LogP contribution is 2.22. The molecule has 0 fully saturated rings. The number of nitro groups is 1. The molecule has 2 rings (SSSR count). The van der Waals surface area contributed by atoms with E-state index in [2.05, 4.69) is 5.10 Å². The third-order valence-corrected chi connectivity index (χ3v) is 3.08. The Kier molecular flexibility index (Phi) is 4.97. The van der Waals surface area contributed by atoms with Crippen molar-refractivity contribution in [2.75, 3.05) is 13.7 Å². The van der Waals surface area contributed by atoms with Crippen LogP contribution in [0.2, 0.25) is 0 Å². The van der Waals surface area contributed by atoms with E-state index in [0.717, 1.165) is 0 Å². The van der Waals surface area contributed by atoms with Crippen molar-refractivity contribution in [2.45, 2.75) is 13.2 Å². The summed E-state index contributed by atoms with van der Waals surface area (Å²) >= 11 is 0. The fourth-order valence-electron chi connectivity index (χ4n) is 1.96. The molecule has 0 saturated heterocycles. The maximum atomic E-state index is 12.0. The topological polar surface area (TPSA) is 107 Å². The van der Waals surface area contributed by atoms with Crippen molar-refractivity contribution in [3.05, 3.63) is 56.4 Å². The third-order valence-electron chi connectivity index (χ3n) is 3.08. The maximum Gasteiger partial charge on any atom is 0.272 e. The van der Waals surface area contributed by atoms with Crippen LogP contribution in [0.3, 0.4) is 0 Å². The first-order valence-corrected chi connectivity index (χ1v) is 6.52. The van der Waals surface area contributed by atoms with Crippen LogP contribution in [0.4, 0.5) is 5.69 Å². The van der Waals surface area contributed by atoms with Crippen molar-refractivity contribution >= 4 is 5.69 Å². The van der Waals surface area contributed by atoms with Gasteiger partial charge in [0.2, 0.25) is 0 Å². The lowest BCUT2D eigenvalue weighted by atomic mass is 10.1. The number of hydrogen-bond donors (Lipinski definition) is 1. The smallest absolute Gasteiger partial charge is 0.272 e. The van der Waals surface area contributed by atoms with Gasteiger partial charge in [-0.1, -0.05) is 12.1 Å². The van der Waals surface area contributed by atoms with Crippen LogP contribution >= 0.6 is 0 Å². The number of hydrogen-bond acceptors (Lipinski definition) is 6. The van der Waals surface area contributed by atoms with Gasteiger partial charge in [0, 0.05) is 30.4 Å². The van der Waals surface area contributed by atoms with Crippen LogP contribution in [0.15, 0.2) is 35.1 Å². The minimum Gasteiger partial charge on any atom is -0.391 e. The lowest BCUT2D eigenvalue weighted by molar-refractivity contribution is -0.384. The Balaban J connectivity index is 2.52. The number of benzene rings is 1. The molecule has 1 aromatic heterocycles. The number of ether oxygens (including phenoxy) is 1. The van der Waals surface area contributed by atoms with E-state index in [-0.39, 0.29) is 24.4 Å². The van der Waals surface area contributed by atoms with Crippen molar-refractivity contribution in [2.24, 2.45) is 0 Å². The highest BCUT2D eigenvalue weighted by Gasteiger charge is 2.12. The summed E-state index contributed by atoms with van der Waals surface area (Å²) in [6.07, 6.45) is 0.